The largest absolute Gasteiger partial charge is 0.480 e. The number of fused-ring (bicyclic) bond motifs is 2. The number of imidazole rings is 1. The monoisotopic (exact) mass is 347 g/mol. The summed E-state index contributed by atoms with van der Waals surface area (Å²) < 4.78 is 8.22. The Morgan fingerprint density at radius 3 is 2.77 bits per heavy atom. The van der Waals surface area contributed by atoms with Crippen molar-refractivity contribution in [3.05, 3.63) is 59.9 Å². The molecule has 5 rings (SSSR count). The van der Waals surface area contributed by atoms with Crippen LogP contribution in [0.15, 0.2) is 48.5 Å². The molecule has 1 saturated heterocycles. The van der Waals surface area contributed by atoms with Crippen molar-refractivity contribution >= 4 is 16.9 Å². The lowest BCUT2D eigenvalue weighted by molar-refractivity contribution is -0.145. The molecule has 1 atom stereocenters. The minimum atomic E-state index is -0.355. The minimum absolute atomic E-state index is 0.109. The number of carbonyl (C=O) groups is 1. The first-order valence-electron chi connectivity index (χ1n) is 9.17. The van der Waals surface area contributed by atoms with Gasteiger partial charge in [-0.2, -0.15) is 0 Å². The van der Waals surface area contributed by atoms with Gasteiger partial charge >= 0.3 is 0 Å². The Labute approximate surface area is 152 Å². The molecule has 3 heterocycles. The summed E-state index contributed by atoms with van der Waals surface area (Å²) in [5.74, 6) is 1.97. The number of aryl methyl sites for hydroxylation is 2. The Morgan fingerprint density at radius 1 is 1.12 bits per heavy atom. The van der Waals surface area contributed by atoms with Crippen LogP contribution in [-0.2, 0) is 11.2 Å². The third kappa shape index (κ3) is 2.38. The first kappa shape index (κ1) is 15.4. The second-order valence-corrected chi connectivity index (χ2v) is 7.17. The number of ether oxygens (including phenoxy) is 1. The predicted molar refractivity (Wildman–Crippen MR) is 99.3 cm³/mol. The van der Waals surface area contributed by atoms with Crippen LogP contribution in [0.2, 0.25) is 0 Å². The number of likely N-dealkylation sites (tertiary alicyclic amines) is 1. The van der Waals surface area contributed by atoms with Crippen LogP contribution in [0.25, 0.3) is 11.0 Å². The molecule has 5 heteroatoms. The van der Waals surface area contributed by atoms with Crippen LogP contribution in [0.1, 0.15) is 23.9 Å². The zero-order chi connectivity index (χ0) is 17.7. The first-order valence-corrected chi connectivity index (χ1v) is 9.17. The number of aromatic nitrogens is 2. The van der Waals surface area contributed by atoms with E-state index in [2.05, 4.69) is 21.7 Å². The maximum Gasteiger partial charge on any atom is 0.263 e. The molecule has 0 bridgehead atoms. The van der Waals surface area contributed by atoms with Gasteiger partial charge in [-0.15, -0.1) is 0 Å². The summed E-state index contributed by atoms with van der Waals surface area (Å²) in [6.07, 6.45) is 1.30. The van der Waals surface area contributed by atoms with Gasteiger partial charge in [0.1, 0.15) is 11.6 Å². The number of rotatable bonds is 2. The van der Waals surface area contributed by atoms with Gasteiger partial charge in [-0.3, -0.25) is 4.79 Å². The van der Waals surface area contributed by atoms with Crippen LogP contribution < -0.4 is 4.74 Å². The van der Waals surface area contributed by atoms with Gasteiger partial charge in [-0.1, -0.05) is 30.3 Å². The molecule has 5 nitrogen and oxygen atoms in total. The molecule has 1 unspecified atom stereocenters. The molecule has 1 fully saturated rings. The molecule has 0 aliphatic carbocycles. The van der Waals surface area contributed by atoms with Gasteiger partial charge in [0.15, 0.2) is 6.10 Å². The molecule has 2 aliphatic rings. The van der Waals surface area contributed by atoms with Crippen LogP contribution in [0.5, 0.6) is 5.75 Å². The third-order valence-electron chi connectivity index (χ3n) is 5.50. The van der Waals surface area contributed by atoms with Crippen LogP contribution in [0.4, 0.5) is 0 Å². The summed E-state index contributed by atoms with van der Waals surface area (Å²) >= 11 is 0. The van der Waals surface area contributed by atoms with Crippen LogP contribution in [-0.4, -0.2) is 39.6 Å². The smallest absolute Gasteiger partial charge is 0.263 e. The fraction of sp³-hybridized carbons (Fsp3) is 0.333. The number of amides is 1. The number of hydrogen-bond acceptors (Lipinski definition) is 3. The number of nitrogens with zero attached hydrogens (tertiary/aromatic N) is 3. The molecule has 0 radical (unpaired) electrons. The Kier molecular flexibility index (Phi) is 3.48. The molecule has 1 aromatic heterocycles. The third-order valence-corrected chi connectivity index (χ3v) is 5.50. The van der Waals surface area contributed by atoms with E-state index >= 15 is 0 Å². The average Bonchev–Trinajstić information content (AvgIpc) is 2.96. The second-order valence-electron chi connectivity index (χ2n) is 7.17. The highest BCUT2D eigenvalue weighted by Crippen LogP contribution is 2.31. The molecule has 2 aromatic carbocycles. The van der Waals surface area contributed by atoms with Crippen molar-refractivity contribution in [2.24, 2.45) is 0 Å². The van der Waals surface area contributed by atoms with E-state index in [1.54, 1.807) is 0 Å². The molecule has 0 spiro atoms. The molecule has 0 N–H and O–H groups in total. The summed E-state index contributed by atoms with van der Waals surface area (Å²) in [7, 11) is 0. The summed E-state index contributed by atoms with van der Waals surface area (Å²) in [5, 5.41) is 0. The summed E-state index contributed by atoms with van der Waals surface area (Å²) in [6, 6.07) is 16.5. The Hall–Kier alpha value is -2.82. The summed E-state index contributed by atoms with van der Waals surface area (Å²) in [4.78, 5) is 19.4. The van der Waals surface area contributed by atoms with Gasteiger partial charge in [-0.05, 0) is 43.5 Å². The van der Waals surface area contributed by atoms with Crippen molar-refractivity contribution in [3.63, 3.8) is 0 Å². The van der Waals surface area contributed by atoms with Gasteiger partial charge in [0, 0.05) is 13.1 Å². The van der Waals surface area contributed by atoms with E-state index in [0.717, 1.165) is 48.5 Å². The van der Waals surface area contributed by atoms with Crippen LogP contribution in [0.3, 0.4) is 0 Å². The normalized spacial score (nSPS) is 19.7. The molecular weight excluding hydrogens is 326 g/mol. The van der Waals surface area contributed by atoms with Gasteiger partial charge in [0.25, 0.3) is 5.91 Å². The van der Waals surface area contributed by atoms with E-state index in [1.807, 2.05) is 48.2 Å². The molecule has 26 heavy (non-hydrogen) atoms. The summed E-state index contributed by atoms with van der Waals surface area (Å²) in [6.45, 7) is 3.48. The van der Waals surface area contributed by atoms with Crippen molar-refractivity contribution < 1.29 is 9.53 Å². The maximum absolute atomic E-state index is 12.8. The minimum Gasteiger partial charge on any atom is -0.480 e. The van der Waals surface area contributed by atoms with Crippen molar-refractivity contribution in [3.8, 4) is 5.75 Å². The van der Waals surface area contributed by atoms with Gasteiger partial charge < -0.3 is 14.2 Å². The zero-order valence-corrected chi connectivity index (χ0v) is 14.8. The molecule has 2 aliphatic heterocycles. The lowest BCUT2D eigenvalue weighted by Crippen LogP contribution is -2.55. The topological polar surface area (TPSA) is 47.4 Å². The van der Waals surface area contributed by atoms with E-state index < -0.39 is 0 Å². The highest BCUT2D eigenvalue weighted by Gasteiger charge is 2.38. The molecular formula is C21H21N3O2. The SMILES string of the molecule is Cc1nc2ccccc2n1C1CN(C(=O)C2CCc3ccccc3O2)C1. The molecule has 3 aromatic rings. The Morgan fingerprint density at radius 2 is 1.88 bits per heavy atom. The van der Waals surface area contributed by atoms with E-state index in [4.69, 9.17) is 4.74 Å². The predicted octanol–water partition coefficient (Wildman–Crippen LogP) is 3.12. The quantitative estimate of drug-likeness (QED) is 0.716. The van der Waals surface area contributed by atoms with Crippen molar-refractivity contribution in [2.75, 3.05) is 13.1 Å². The standard InChI is InChI=1S/C21H21N3O2/c1-14-22-17-7-3-4-8-18(17)24(14)16-12-23(13-16)21(25)20-11-10-15-6-2-5-9-19(15)26-20/h2-9,16,20H,10-13H2,1H3. The Bertz CT molecular complexity index is 988. The lowest BCUT2D eigenvalue weighted by Gasteiger charge is -2.42. The van der Waals surface area contributed by atoms with E-state index in [9.17, 15) is 4.79 Å². The van der Waals surface area contributed by atoms with Crippen molar-refractivity contribution in [2.45, 2.75) is 31.9 Å². The fourth-order valence-electron chi connectivity index (χ4n) is 4.13. The van der Waals surface area contributed by atoms with Gasteiger partial charge in [-0.25, -0.2) is 4.98 Å². The van der Waals surface area contributed by atoms with E-state index in [0.29, 0.717) is 6.04 Å². The van der Waals surface area contributed by atoms with Gasteiger partial charge in [0.05, 0.1) is 17.1 Å². The highest BCUT2D eigenvalue weighted by molar-refractivity contribution is 5.83. The average molecular weight is 347 g/mol. The molecule has 1 amide bonds. The first-order chi connectivity index (χ1) is 12.7. The number of benzene rings is 2. The maximum atomic E-state index is 12.8. The lowest BCUT2D eigenvalue weighted by atomic mass is 9.99. The number of carbonyl (C=O) groups excluding carboxylic acids is 1. The molecule has 0 saturated carbocycles. The van der Waals surface area contributed by atoms with Crippen LogP contribution in [0, 0.1) is 6.92 Å². The molecule has 132 valence electrons. The zero-order valence-electron chi connectivity index (χ0n) is 14.8. The van der Waals surface area contributed by atoms with E-state index in [1.165, 1.54) is 5.56 Å². The number of para-hydroxylation sites is 3. The van der Waals surface area contributed by atoms with E-state index in [-0.39, 0.29) is 12.0 Å². The van der Waals surface area contributed by atoms with Crippen LogP contribution >= 0.6 is 0 Å². The van der Waals surface area contributed by atoms with Gasteiger partial charge in [0.2, 0.25) is 0 Å². The fourth-order valence-corrected chi connectivity index (χ4v) is 4.13. The highest BCUT2D eigenvalue weighted by atomic mass is 16.5. The van der Waals surface area contributed by atoms with Crippen molar-refractivity contribution in [1.82, 2.24) is 14.5 Å². The van der Waals surface area contributed by atoms with Crippen molar-refractivity contribution in [1.29, 1.82) is 0 Å². The second kappa shape index (κ2) is 5.87. The summed E-state index contributed by atoms with van der Waals surface area (Å²) in [5.41, 5.74) is 3.35. The number of hydrogen-bond donors (Lipinski definition) is 0. The Balaban J connectivity index is 1.30.